The highest BCUT2D eigenvalue weighted by atomic mass is 35.5. The molecule has 0 aliphatic heterocycles. The van der Waals surface area contributed by atoms with Gasteiger partial charge < -0.3 is 9.88 Å². The van der Waals surface area contributed by atoms with Gasteiger partial charge in [0.15, 0.2) is 5.82 Å². The number of rotatable bonds is 6. The topological polar surface area (TPSA) is 59.8 Å². The molecule has 1 aromatic heterocycles. The maximum atomic E-state index is 12.4. The van der Waals surface area contributed by atoms with Crippen molar-refractivity contribution in [3.8, 4) is 0 Å². The molecule has 0 fully saturated rings. The molecule has 0 aliphatic carbocycles. The van der Waals surface area contributed by atoms with Crippen LogP contribution in [0.15, 0.2) is 59.8 Å². The van der Waals surface area contributed by atoms with Crippen LogP contribution in [0.1, 0.15) is 34.7 Å². The monoisotopic (exact) mass is 386 g/mol. The first-order chi connectivity index (χ1) is 12.5. The number of halogens is 1. The Bertz CT molecular complexity index is 877. The second-order valence-corrected chi connectivity index (χ2v) is 7.42. The molecule has 0 radical (unpaired) electrons. The fourth-order valence-electron chi connectivity index (χ4n) is 2.48. The molecule has 0 bridgehead atoms. The van der Waals surface area contributed by atoms with E-state index in [2.05, 4.69) is 15.5 Å². The molecule has 1 heterocycles. The summed E-state index contributed by atoms with van der Waals surface area (Å²) in [4.78, 5) is 13.6. The van der Waals surface area contributed by atoms with Crippen LogP contribution in [0.5, 0.6) is 0 Å². The number of benzene rings is 2. The average Bonchev–Trinajstić information content (AvgIpc) is 3.08. The van der Waals surface area contributed by atoms with Gasteiger partial charge in [-0.25, -0.2) is 0 Å². The molecule has 0 saturated carbocycles. The third-order valence-electron chi connectivity index (χ3n) is 3.92. The first-order valence-electron chi connectivity index (χ1n) is 8.15. The number of carbonyl (C=O) groups excluding carboxylic acids is 1. The first-order valence-corrected chi connectivity index (χ1v) is 9.51. The minimum atomic E-state index is -0.213. The maximum absolute atomic E-state index is 12.4. The Morgan fingerprint density at radius 3 is 2.50 bits per heavy atom. The molecule has 1 unspecified atom stereocenters. The van der Waals surface area contributed by atoms with Crippen LogP contribution in [0.3, 0.4) is 0 Å². The van der Waals surface area contributed by atoms with Crippen LogP contribution in [-0.4, -0.2) is 20.7 Å². The Morgan fingerprint density at radius 2 is 1.88 bits per heavy atom. The van der Waals surface area contributed by atoms with Gasteiger partial charge in [0, 0.05) is 28.3 Å². The van der Waals surface area contributed by atoms with Crippen LogP contribution in [0, 0.1) is 0 Å². The number of aromatic nitrogens is 3. The van der Waals surface area contributed by atoms with E-state index in [9.17, 15) is 4.79 Å². The highest BCUT2D eigenvalue weighted by Gasteiger charge is 2.15. The Labute approximate surface area is 161 Å². The third-order valence-corrected chi connectivity index (χ3v) is 5.25. The van der Waals surface area contributed by atoms with Gasteiger partial charge in [0.2, 0.25) is 0 Å². The molecular weight excluding hydrogens is 368 g/mol. The van der Waals surface area contributed by atoms with Gasteiger partial charge in [0.1, 0.15) is 6.33 Å². The normalized spacial score (nSPS) is 12.0. The zero-order valence-corrected chi connectivity index (χ0v) is 16.1. The van der Waals surface area contributed by atoms with Crippen molar-refractivity contribution in [1.29, 1.82) is 0 Å². The van der Waals surface area contributed by atoms with Crippen molar-refractivity contribution < 1.29 is 4.79 Å². The summed E-state index contributed by atoms with van der Waals surface area (Å²) in [6.07, 6.45) is 1.62. The van der Waals surface area contributed by atoms with E-state index in [1.165, 1.54) is 0 Å². The highest BCUT2D eigenvalue weighted by molar-refractivity contribution is 7.98. The van der Waals surface area contributed by atoms with E-state index in [0.29, 0.717) is 11.4 Å². The summed E-state index contributed by atoms with van der Waals surface area (Å²) in [5.41, 5.74) is 1.78. The molecule has 26 heavy (non-hydrogen) atoms. The summed E-state index contributed by atoms with van der Waals surface area (Å²) in [5, 5.41) is 11.5. The standard InChI is InChI=1S/C19H19ClN4OS/c1-13(18-23-21-12-24(18)2)22-19(25)15-5-3-14(4-6-15)11-26-17-9-7-16(20)8-10-17/h3-10,12-13H,11H2,1-2H3,(H,22,25). The molecule has 0 spiro atoms. The van der Waals surface area contributed by atoms with E-state index in [0.717, 1.165) is 21.2 Å². The number of nitrogens with one attached hydrogen (secondary N) is 1. The molecule has 5 nitrogen and oxygen atoms in total. The quantitative estimate of drug-likeness (QED) is 0.643. The summed E-state index contributed by atoms with van der Waals surface area (Å²) in [6, 6.07) is 15.2. The number of carbonyl (C=O) groups is 1. The number of aryl methyl sites for hydroxylation is 1. The van der Waals surface area contributed by atoms with Gasteiger partial charge in [-0.2, -0.15) is 0 Å². The van der Waals surface area contributed by atoms with Crippen molar-refractivity contribution >= 4 is 29.3 Å². The lowest BCUT2D eigenvalue weighted by Gasteiger charge is -2.13. The second-order valence-electron chi connectivity index (χ2n) is 5.93. The first kappa shape index (κ1) is 18.5. The van der Waals surface area contributed by atoms with Crippen molar-refractivity contribution in [1.82, 2.24) is 20.1 Å². The zero-order chi connectivity index (χ0) is 18.5. The lowest BCUT2D eigenvalue weighted by atomic mass is 10.1. The molecule has 7 heteroatoms. The van der Waals surface area contributed by atoms with E-state index >= 15 is 0 Å². The van der Waals surface area contributed by atoms with E-state index in [1.54, 1.807) is 22.7 Å². The summed E-state index contributed by atoms with van der Waals surface area (Å²) in [7, 11) is 1.85. The van der Waals surface area contributed by atoms with E-state index in [1.807, 2.05) is 62.5 Å². The Morgan fingerprint density at radius 1 is 1.19 bits per heavy atom. The fourth-order valence-corrected chi connectivity index (χ4v) is 3.46. The largest absolute Gasteiger partial charge is 0.342 e. The highest BCUT2D eigenvalue weighted by Crippen LogP contribution is 2.24. The number of hydrogen-bond acceptors (Lipinski definition) is 4. The zero-order valence-electron chi connectivity index (χ0n) is 14.5. The third kappa shape index (κ3) is 4.65. The predicted octanol–water partition coefficient (Wildman–Crippen LogP) is 4.25. The molecular formula is C19H19ClN4OS. The van der Waals surface area contributed by atoms with Crippen molar-refractivity contribution in [2.75, 3.05) is 0 Å². The number of thioether (sulfide) groups is 1. The van der Waals surface area contributed by atoms with Crippen molar-refractivity contribution in [3.63, 3.8) is 0 Å². The van der Waals surface area contributed by atoms with Gasteiger partial charge in [-0.3, -0.25) is 4.79 Å². The predicted molar refractivity (Wildman–Crippen MR) is 104 cm³/mol. The Hall–Kier alpha value is -2.31. The SMILES string of the molecule is CC(NC(=O)c1ccc(CSc2ccc(Cl)cc2)cc1)c1nncn1C. The summed E-state index contributed by atoms with van der Waals surface area (Å²) < 4.78 is 1.79. The van der Waals surface area contributed by atoms with Crippen molar-refractivity contribution in [2.45, 2.75) is 23.6 Å². The molecule has 134 valence electrons. The molecule has 2 aromatic carbocycles. The lowest BCUT2D eigenvalue weighted by molar-refractivity contribution is 0.0938. The van der Waals surface area contributed by atoms with Crippen molar-refractivity contribution in [2.24, 2.45) is 7.05 Å². The second kappa shape index (κ2) is 8.38. The van der Waals surface area contributed by atoms with E-state index < -0.39 is 0 Å². The summed E-state index contributed by atoms with van der Waals surface area (Å²) in [6.45, 7) is 1.89. The average molecular weight is 387 g/mol. The van der Waals surface area contributed by atoms with Crippen LogP contribution in [0.2, 0.25) is 5.02 Å². The van der Waals surface area contributed by atoms with Crippen LogP contribution >= 0.6 is 23.4 Å². The fraction of sp³-hybridized carbons (Fsp3) is 0.211. The molecule has 0 saturated heterocycles. The Kier molecular flexibility index (Phi) is 5.96. The molecule has 0 aliphatic rings. The molecule has 3 aromatic rings. The molecule has 1 atom stereocenters. The van der Waals surface area contributed by atoms with E-state index in [-0.39, 0.29) is 11.9 Å². The van der Waals surface area contributed by atoms with Crippen molar-refractivity contribution in [3.05, 3.63) is 76.8 Å². The number of hydrogen-bond donors (Lipinski definition) is 1. The number of amides is 1. The van der Waals surface area contributed by atoms with Gasteiger partial charge in [0.25, 0.3) is 5.91 Å². The van der Waals surface area contributed by atoms with Gasteiger partial charge in [-0.05, 0) is 48.9 Å². The van der Waals surface area contributed by atoms with Gasteiger partial charge in [-0.1, -0.05) is 23.7 Å². The van der Waals surface area contributed by atoms with Crippen LogP contribution in [0.25, 0.3) is 0 Å². The van der Waals surface area contributed by atoms with E-state index in [4.69, 9.17) is 11.6 Å². The minimum absolute atomic E-state index is 0.127. The smallest absolute Gasteiger partial charge is 0.251 e. The van der Waals surface area contributed by atoms with Gasteiger partial charge in [-0.15, -0.1) is 22.0 Å². The van der Waals surface area contributed by atoms with Crippen LogP contribution in [-0.2, 0) is 12.8 Å². The molecule has 1 amide bonds. The Balaban J connectivity index is 1.57. The summed E-state index contributed by atoms with van der Waals surface area (Å²) in [5.74, 6) is 1.42. The number of nitrogens with zero attached hydrogens (tertiary/aromatic N) is 3. The molecule has 1 N–H and O–H groups in total. The van der Waals surface area contributed by atoms with Crippen LogP contribution < -0.4 is 5.32 Å². The van der Waals surface area contributed by atoms with Gasteiger partial charge in [0.05, 0.1) is 6.04 Å². The lowest BCUT2D eigenvalue weighted by Crippen LogP contribution is -2.28. The van der Waals surface area contributed by atoms with Crippen LogP contribution in [0.4, 0.5) is 0 Å². The summed E-state index contributed by atoms with van der Waals surface area (Å²) >= 11 is 7.63. The van der Waals surface area contributed by atoms with Gasteiger partial charge >= 0.3 is 0 Å². The maximum Gasteiger partial charge on any atom is 0.251 e. The minimum Gasteiger partial charge on any atom is -0.342 e. The molecule has 3 rings (SSSR count).